The molecule has 1 heterocycles. The van der Waals surface area contributed by atoms with E-state index in [0.29, 0.717) is 5.56 Å². The van der Waals surface area contributed by atoms with Gasteiger partial charge in [-0.1, -0.05) is 6.07 Å². The molecule has 0 bridgehead atoms. The maximum atomic E-state index is 11.2. The predicted octanol–water partition coefficient (Wildman–Crippen LogP) is 2.91. The first-order valence-electron chi connectivity index (χ1n) is 4.67. The highest BCUT2D eigenvalue weighted by Crippen LogP contribution is 2.33. The number of carbonyl (C=O) groups excluding carboxylic acids is 1. The Morgan fingerprint density at radius 1 is 1.38 bits per heavy atom. The summed E-state index contributed by atoms with van der Waals surface area (Å²) < 4.78 is 4.57. The van der Waals surface area contributed by atoms with Crippen molar-refractivity contribution in [2.45, 2.75) is 0 Å². The Kier molecular flexibility index (Phi) is 2.92. The van der Waals surface area contributed by atoms with Crippen molar-refractivity contribution in [3.8, 4) is 16.2 Å². The van der Waals surface area contributed by atoms with Crippen LogP contribution in [-0.2, 0) is 4.74 Å². The fourth-order valence-electron chi connectivity index (χ4n) is 1.42. The summed E-state index contributed by atoms with van der Waals surface area (Å²) in [5, 5.41) is 11.7. The number of esters is 1. The third-order valence-electron chi connectivity index (χ3n) is 2.21. The number of hydrogen-bond donors (Lipinski definition) is 1. The second-order valence-electron chi connectivity index (χ2n) is 3.20. The van der Waals surface area contributed by atoms with E-state index < -0.39 is 5.97 Å². The van der Waals surface area contributed by atoms with E-state index in [9.17, 15) is 9.90 Å². The zero-order chi connectivity index (χ0) is 11.5. The van der Waals surface area contributed by atoms with Gasteiger partial charge in [0.1, 0.15) is 5.75 Å². The molecule has 0 aliphatic carbocycles. The first kappa shape index (κ1) is 10.7. The van der Waals surface area contributed by atoms with Gasteiger partial charge in [-0.15, -0.1) is 11.3 Å². The van der Waals surface area contributed by atoms with E-state index in [4.69, 9.17) is 0 Å². The van der Waals surface area contributed by atoms with Crippen molar-refractivity contribution in [1.82, 2.24) is 0 Å². The molecule has 16 heavy (non-hydrogen) atoms. The molecule has 82 valence electrons. The van der Waals surface area contributed by atoms with E-state index in [-0.39, 0.29) is 5.75 Å². The molecule has 1 aromatic carbocycles. The van der Waals surface area contributed by atoms with Gasteiger partial charge < -0.3 is 9.84 Å². The molecule has 1 aromatic heterocycles. The Balaban J connectivity index is 2.41. The van der Waals surface area contributed by atoms with Crippen LogP contribution in [0.2, 0.25) is 0 Å². The lowest BCUT2D eigenvalue weighted by Crippen LogP contribution is -2.00. The Hall–Kier alpha value is -1.81. The van der Waals surface area contributed by atoms with Gasteiger partial charge in [0.25, 0.3) is 0 Å². The molecule has 0 amide bonds. The number of phenolic OH excluding ortho intramolecular Hbond substituents is 1. The highest BCUT2D eigenvalue weighted by Gasteiger charge is 2.10. The van der Waals surface area contributed by atoms with Crippen LogP contribution in [0.1, 0.15) is 10.4 Å². The molecule has 4 heteroatoms. The minimum absolute atomic E-state index is 0.0883. The van der Waals surface area contributed by atoms with Crippen molar-refractivity contribution in [1.29, 1.82) is 0 Å². The summed E-state index contributed by atoms with van der Waals surface area (Å²) in [6.07, 6.45) is 0. The smallest absolute Gasteiger partial charge is 0.337 e. The van der Waals surface area contributed by atoms with Gasteiger partial charge in [-0.25, -0.2) is 4.79 Å². The molecule has 3 nitrogen and oxygen atoms in total. The molecule has 2 rings (SSSR count). The van der Waals surface area contributed by atoms with Crippen LogP contribution in [0.3, 0.4) is 0 Å². The first-order valence-corrected chi connectivity index (χ1v) is 5.55. The molecule has 0 radical (unpaired) electrons. The summed E-state index contributed by atoms with van der Waals surface area (Å²) >= 11 is 1.53. The van der Waals surface area contributed by atoms with E-state index >= 15 is 0 Å². The number of carbonyl (C=O) groups is 1. The third kappa shape index (κ3) is 1.92. The van der Waals surface area contributed by atoms with Crippen LogP contribution in [0.15, 0.2) is 35.7 Å². The van der Waals surface area contributed by atoms with Gasteiger partial charge in [-0.05, 0) is 29.6 Å². The molecule has 0 aliphatic heterocycles. The number of phenols is 1. The van der Waals surface area contributed by atoms with Crippen molar-refractivity contribution in [3.05, 3.63) is 41.3 Å². The van der Waals surface area contributed by atoms with E-state index in [2.05, 4.69) is 4.74 Å². The fraction of sp³-hybridized carbons (Fsp3) is 0.0833. The molecule has 0 atom stereocenters. The van der Waals surface area contributed by atoms with Gasteiger partial charge >= 0.3 is 5.97 Å². The predicted molar refractivity (Wildman–Crippen MR) is 62.8 cm³/mol. The van der Waals surface area contributed by atoms with Crippen molar-refractivity contribution >= 4 is 17.3 Å². The Bertz CT molecular complexity index is 503. The summed E-state index contributed by atoms with van der Waals surface area (Å²) in [6.45, 7) is 0. The lowest BCUT2D eigenvalue weighted by molar-refractivity contribution is 0.0600. The molecule has 0 fully saturated rings. The number of rotatable bonds is 2. The normalized spacial score (nSPS) is 10.1. The number of hydrogen-bond acceptors (Lipinski definition) is 4. The maximum Gasteiger partial charge on any atom is 0.337 e. The zero-order valence-corrected chi connectivity index (χ0v) is 9.45. The summed E-state index contributed by atoms with van der Waals surface area (Å²) in [6, 6.07) is 8.60. The quantitative estimate of drug-likeness (QED) is 0.813. The Morgan fingerprint density at radius 3 is 2.75 bits per heavy atom. The summed E-state index contributed by atoms with van der Waals surface area (Å²) in [5.74, 6) is -0.363. The monoisotopic (exact) mass is 234 g/mol. The summed E-state index contributed by atoms with van der Waals surface area (Å²) in [7, 11) is 1.31. The van der Waals surface area contributed by atoms with Crippen LogP contribution >= 0.6 is 11.3 Å². The molecule has 0 saturated heterocycles. The van der Waals surface area contributed by atoms with E-state index in [1.54, 1.807) is 12.1 Å². The molecule has 1 N–H and O–H groups in total. The minimum Gasteiger partial charge on any atom is -0.507 e. The SMILES string of the molecule is COC(=O)c1ccc(-c2cccs2)c(O)c1. The number of thiophene rings is 1. The largest absolute Gasteiger partial charge is 0.507 e. The van der Waals surface area contributed by atoms with Gasteiger partial charge in [0.15, 0.2) is 0 Å². The minimum atomic E-state index is -0.451. The number of aromatic hydroxyl groups is 1. The average Bonchev–Trinajstić information content (AvgIpc) is 2.81. The molecular formula is C12H10O3S. The van der Waals surface area contributed by atoms with E-state index in [0.717, 1.165) is 10.4 Å². The van der Waals surface area contributed by atoms with Crippen LogP contribution in [0.5, 0.6) is 5.75 Å². The third-order valence-corrected chi connectivity index (χ3v) is 3.11. The van der Waals surface area contributed by atoms with Crippen molar-refractivity contribution in [2.75, 3.05) is 7.11 Å². The van der Waals surface area contributed by atoms with Gasteiger partial charge in [0.2, 0.25) is 0 Å². The van der Waals surface area contributed by atoms with Gasteiger partial charge in [-0.3, -0.25) is 0 Å². The molecule has 0 spiro atoms. The Labute approximate surface area is 96.9 Å². The van der Waals surface area contributed by atoms with E-state index in [1.165, 1.54) is 24.5 Å². The van der Waals surface area contributed by atoms with Gasteiger partial charge in [-0.2, -0.15) is 0 Å². The maximum absolute atomic E-state index is 11.2. The topological polar surface area (TPSA) is 46.5 Å². The molecule has 2 aromatic rings. The van der Waals surface area contributed by atoms with Crippen molar-refractivity contribution in [3.63, 3.8) is 0 Å². The fourth-order valence-corrected chi connectivity index (χ4v) is 2.18. The van der Waals surface area contributed by atoms with Crippen molar-refractivity contribution in [2.24, 2.45) is 0 Å². The van der Waals surface area contributed by atoms with E-state index in [1.807, 2.05) is 17.5 Å². The lowest BCUT2D eigenvalue weighted by atomic mass is 10.1. The van der Waals surface area contributed by atoms with Gasteiger partial charge in [0.05, 0.1) is 12.7 Å². The molecule has 0 saturated carbocycles. The van der Waals surface area contributed by atoms with Crippen LogP contribution in [0, 0.1) is 0 Å². The standard InChI is InChI=1S/C12H10O3S/c1-15-12(14)8-4-5-9(10(13)7-8)11-3-2-6-16-11/h2-7,13H,1H3. The number of methoxy groups -OCH3 is 1. The van der Waals surface area contributed by atoms with Crippen LogP contribution in [0.4, 0.5) is 0 Å². The Morgan fingerprint density at radius 2 is 2.19 bits per heavy atom. The van der Waals surface area contributed by atoms with Crippen LogP contribution in [-0.4, -0.2) is 18.2 Å². The van der Waals surface area contributed by atoms with Gasteiger partial charge in [0, 0.05) is 10.4 Å². The lowest BCUT2D eigenvalue weighted by Gasteiger charge is -2.04. The number of benzene rings is 1. The molecular weight excluding hydrogens is 224 g/mol. The zero-order valence-electron chi connectivity index (χ0n) is 8.64. The molecule has 0 aliphatic rings. The first-order chi connectivity index (χ1) is 7.72. The average molecular weight is 234 g/mol. The summed E-state index contributed by atoms with van der Waals surface area (Å²) in [5.41, 5.74) is 1.07. The van der Waals surface area contributed by atoms with Crippen LogP contribution in [0.25, 0.3) is 10.4 Å². The van der Waals surface area contributed by atoms with Crippen molar-refractivity contribution < 1.29 is 14.6 Å². The second kappa shape index (κ2) is 4.37. The summed E-state index contributed by atoms with van der Waals surface area (Å²) in [4.78, 5) is 12.2. The van der Waals surface area contributed by atoms with Crippen LogP contribution < -0.4 is 0 Å². The number of ether oxygens (including phenoxy) is 1. The highest BCUT2D eigenvalue weighted by molar-refractivity contribution is 7.13. The highest BCUT2D eigenvalue weighted by atomic mass is 32.1. The second-order valence-corrected chi connectivity index (χ2v) is 4.15. The molecule has 0 unspecified atom stereocenters.